The highest BCUT2D eigenvalue weighted by Gasteiger charge is 2.26. The quantitative estimate of drug-likeness (QED) is 0.769. The second kappa shape index (κ2) is 6.33. The third kappa shape index (κ3) is 5.09. The van der Waals surface area contributed by atoms with E-state index in [1.54, 1.807) is 38.1 Å². The Morgan fingerprint density at radius 3 is 2.53 bits per heavy atom. The first kappa shape index (κ1) is 15.2. The molecule has 0 aliphatic rings. The Bertz CT molecular complexity index is 439. The minimum Gasteiger partial charge on any atom is -0.508 e. The maximum Gasteiger partial charge on any atom is 0.418 e. The largest absolute Gasteiger partial charge is 0.508 e. The molecule has 1 radical (unpaired) electrons. The molecule has 1 aromatic carbocycles. The molecule has 0 bridgehead atoms. The summed E-state index contributed by atoms with van der Waals surface area (Å²) in [5.41, 5.74) is 5.79. The molecule has 0 saturated carbocycles. The van der Waals surface area contributed by atoms with Gasteiger partial charge >= 0.3 is 6.47 Å². The summed E-state index contributed by atoms with van der Waals surface area (Å²) in [6.07, 6.45) is 0.418. The Morgan fingerprint density at radius 2 is 2.00 bits per heavy atom. The molecule has 0 fully saturated rings. The number of ether oxygens (including phenoxy) is 1. The molecular formula is C14H18NO4. The number of hydrogen-bond donors (Lipinski definition) is 2. The van der Waals surface area contributed by atoms with Crippen molar-refractivity contribution >= 4 is 12.3 Å². The molecule has 0 spiro atoms. The van der Waals surface area contributed by atoms with Gasteiger partial charge in [0.1, 0.15) is 11.4 Å². The van der Waals surface area contributed by atoms with Crippen molar-refractivity contribution in [2.75, 3.05) is 0 Å². The second-order valence-electron chi connectivity index (χ2n) is 5.07. The maximum absolute atomic E-state index is 11.9. The number of nitrogens with two attached hydrogens (primary N) is 1. The van der Waals surface area contributed by atoms with Crippen molar-refractivity contribution < 1.29 is 19.4 Å². The van der Waals surface area contributed by atoms with Gasteiger partial charge in [-0.15, -0.1) is 0 Å². The van der Waals surface area contributed by atoms with Gasteiger partial charge in [-0.05, 0) is 38.0 Å². The lowest BCUT2D eigenvalue weighted by atomic mass is 9.94. The molecule has 103 valence electrons. The molecule has 1 aromatic rings. The predicted octanol–water partition coefficient (Wildman–Crippen LogP) is 1.08. The van der Waals surface area contributed by atoms with Crippen LogP contribution in [0, 0.1) is 0 Å². The average molecular weight is 264 g/mol. The van der Waals surface area contributed by atoms with Crippen LogP contribution in [-0.2, 0) is 20.7 Å². The van der Waals surface area contributed by atoms with Crippen molar-refractivity contribution in [2.45, 2.75) is 38.3 Å². The highest BCUT2D eigenvalue weighted by atomic mass is 16.5. The van der Waals surface area contributed by atoms with Crippen LogP contribution in [0.1, 0.15) is 25.8 Å². The van der Waals surface area contributed by atoms with E-state index in [4.69, 9.17) is 15.6 Å². The molecule has 0 amide bonds. The van der Waals surface area contributed by atoms with E-state index in [2.05, 4.69) is 0 Å². The van der Waals surface area contributed by atoms with Crippen molar-refractivity contribution in [3.05, 3.63) is 29.8 Å². The summed E-state index contributed by atoms with van der Waals surface area (Å²) >= 11 is 0. The van der Waals surface area contributed by atoms with Gasteiger partial charge in [0, 0.05) is 6.42 Å². The molecule has 1 atom stereocenters. The van der Waals surface area contributed by atoms with Crippen LogP contribution in [0.25, 0.3) is 0 Å². The highest BCUT2D eigenvalue weighted by molar-refractivity contribution is 5.85. The number of benzene rings is 1. The number of phenols is 1. The third-order valence-corrected chi connectivity index (χ3v) is 2.72. The fourth-order valence-electron chi connectivity index (χ4n) is 1.70. The molecule has 5 nitrogen and oxygen atoms in total. The lowest BCUT2D eigenvalue weighted by molar-refractivity contribution is -0.123. The normalized spacial score (nSPS) is 12.8. The van der Waals surface area contributed by atoms with Crippen LogP contribution >= 0.6 is 0 Å². The Balaban J connectivity index is 2.57. The fourth-order valence-corrected chi connectivity index (χ4v) is 1.70. The molecule has 0 unspecified atom stereocenters. The number of carbonyl (C=O) groups excluding carboxylic acids is 2. The summed E-state index contributed by atoms with van der Waals surface area (Å²) in [4.78, 5) is 22.1. The lowest BCUT2D eigenvalue weighted by Gasteiger charge is -2.22. The van der Waals surface area contributed by atoms with Gasteiger partial charge in [0.05, 0.1) is 6.04 Å². The van der Waals surface area contributed by atoms with Gasteiger partial charge < -0.3 is 15.6 Å². The summed E-state index contributed by atoms with van der Waals surface area (Å²) in [7, 11) is 0. The summed E-state index contributed by atoms with van der Waals surface area (Å²) in [6, 6.07) is 5.84. The molecule has 1 rings (SSSR count). The van der Waals surface area contributed by atoms with Gasteiger partial charge in [-0.3, -0.25) is 4.79 Å². The molecule has 0 heterocycles. The topological polar surface area (TPSA) is 89.6 Å². The number of rotatable bonds is 7. The van der Waals surface area contributed by atoms with Gasteiger partial charge in [0.2, 0.25) is 0 Å². The minimum atomic E-state index is -0.897. The summed E-state index contributed by atoms with van der Waals surface area (Å²) in [6.45, 7) is 4.59. The number of aromatic hydroxyl groups is 1. The van der Waals surface area contributed by atoms with Crippen molar-refractivity contribution in [1.82, 2.24) is 0 Å². The van der Waals surface area contributed by atoms with Crippen LogP contribution in [0.2, 0.25) is 0 Å². The SMILES string of the molecule is CC(C)(CC(=O)[C@@H](N)Cc1ccc(O)cc1)O[C]=O. The molecule has 5 heteroatoms. The van der Waals surface area contributed by atoms with E-state index in [0.717, 1.165) is 5.56 Å². The molecule has 0 aliphatic carbocycles. The van der Waals surface area contributed by atoms with E-state index in [1.165, 1.54) is 6.47 Å². The number of hydrogen-bond acceptors (Lipinski definition) is 5. The lowest BCUT2D eigenvalue weighted by Crippen LogP contribution is -2.38. The number of phenolic OH excluding ortho intramolecular Hbond substituents is 1. The van der Waals surface area contributed by atoms with Crippen LogP contribution < -0.4 is 5.73 Å². The zero-order chi connectivity index (χ0) is 14.5. The number of Topliss-reactive ketones (excluding diaryl/α,β-unsaturated/α-hetero) is 1. The Hall–Kier alpha value is -1.88. The van der Waals surface area contributed by atoms with Crippen LogP contribution in [0.4, 0.5) is 0 Å². The molecule has 0 aromatic heterocycles. The summed E-state index contributed by atoms with van der Waals surface area (Å²) in [5, 5.41) is 9.16. The third-order valence-electron chi connectivity index (χ3n) is 2.72. The first-order valence-corrected chi connectivity index (χ1v) is 5.95. The highest BCUT2D eigenvalue weighted by Crippen LogP contribution is 2.16. The Labute approximate surface area is 112 Å². The van der Waals surface area contributed by atoms with Crippen LogP contribution in [-0.4, -0.2) is 29.0 Å². The van der Waals surface area contributed by atoms with E-state index in [9.17, 15) is 9.59 Å². The average Bonchev–Trinajstić information content (AvgIpc) is 2.31. The van der Waals surface area contributed by atoms with E-state index in [1.807, 2.05) is 0 Å². The summed E-state index contributed by atoms with van der Waals surface area (Å²) < 4.78 is 4.70. The monoisotopic (exact) mass is 264 g/mol. The zero-order valence-corrected chi connectivity index (χ0v) is 11.1. The zero-order valence-electron chi connectivity index (χ0n) is 11.1. The summed E-state index contributed by atoms with van der Waals surface area (Å²) in [5.74, 6) is -0.0203. The molecule has 0 saturated heterocycles. The Morgan fingerprint density at radius 1 is 1.42 bits per heavy atom. The van der Waals surface area contributed by atoms with Crippen molar-refractivity contribution in [1.29, 1.82) is 0 Å². The standard InChI is InChI=1S/C14H18NO4/c1-14(2,19-9-16)8-13(18)12(15)7-10-3-5-11(17)6-4-10/h3-6,12,17H,7-8,15H2,1-2H3/t12-/m0/s1. The van der Waals surface area contributed by atoms with Crippen LogP contribution in [0.5, 0.6) is 5.75 Å². The first-order valence-electron chi connectivity index (χ1n) is 5.95. The number of carbonyl (C=O) groups is 1. The Kier molecular flexibility index (Phi) is 5.06. The van der Waals surface area contributed by atoms with Gasteiger partial charge in [0.15, 0.2) is 5.78 Å². The van der Waals surface area contributed by atoms with Crippen LogP contribution in [0.15, 0.2) is 24.3 Å². The minimum absolute atomic E-state index is 0.0431. The smallest absolute Gasteiger partial charge is 0.418 e. The molecule has 19 heavy (non-hydrogen) atoms. The van der Waals surface area contributed by atoms with E-state index < -0.39 is 11.6 Å². The van der Waals surface area contributed by atoms with Crippen LogP contribution in [0.3, 0.4) is 0 Å². The molecular weight excluding hydrogens is 246 g/mol. The molecule has 0 aliphatic heterocycles. The maximum atomic E-state index is 11.9. The van der Waals surface area contributed by atoms with Crippen molar-refractivity contribution in [2.24, 2.45) is 5.73 Å². The second-order valence-corrected chi connectivity index (χ2v) is 5.07. The van der Waals surface area contributed by atoms with Gasteiger partial charge in [-0.1, -0.05) is 12.1 Å². The van der Waals surface area contributed by atoms with Gasteiger partial charge in [-0.2, -0.15) is 0 Å². The molecule has 3 N–H and O–H groups in total. The van der Waals surface area contributed by atoms with E-state index in [-0.39, 0.29) is 18.0 Å². The predicted molar refractivity (Wildman–Crippen MR) is 70.3 cm³/mol. The van der Waals surface area contributed by atoms with Crippen molar-refractivity contribution in [3.63, 3.8) is 0 Å². The number of ketones is 1. The van der Waals surface area contributed by atoms with Crippen molar-refractivity contribution in [3.8, 4) is 5.75 Å². The van der Waals surface area contributed by atoms with Gasteiger partial charge in [0.25, 0.3) is 0 Å². The van der Waals surface area contributed by atoms with E-state index in [0.29, 0.717) is 6.42 Å². The first-order chi connectivity index (χ1) is 8.84. The van der Waals surface area contributed by atoms with E-state index >= 15 is 0 Å². The van der Waals surface area contributed by atoms with Gasteiger partial charge in [-0.25, -0.2) is 4.79 Å². The fraction of sp³-hybridized carbons (Fsp3) is 0.429.